The Labute approximate surface area is 185 Å². The fourth-order valence-corrected chi connectivity index (χ4v) is 5.48. The zero-order valence-electron chi connectivity index (χ0n) is 17.5. The number of nitrogens with one attached hydrogen (secondary N) is 1. The topological polar surface area (TPSA) is 76.2 Å². The van der Waals surface area contributed by atoms with E-state index in [4.69, 9.17) is 0 Å². The molecule has 1 aromatic heterocycles. The number of aryl methyl sites for hydroxylation is 1. The molecule has 8 nitrogen and oxygen atoms in total. The monoisotopic (exact) mass is 439 g/mol. The number of thiophene rings is 1. The molecule has 0 spiro atoms. The first-order valence-corrected chi connectivity index (χ1v) is 11.4. The van der Waals surface area contributed by atoms with Crippen molar-refractivity contribution in [2.24, 2.45) is 0 Å². The number of nitrogens with zero attached hydrogens (tertiary/aromatic N) is 4. The molecule has 9 heteroatoms. The van der Waals surface area contributed by atoms with Crippen molar-refractivity contribution >= 4 is 34.2 Å². The zero-order chi connectivity index (χ0) is 21.5. The lowest BCUT2D eigenvalue weighted by molar-refractivity contribution is -0.123. The fourth-order valence-electron chi connectivity index (χ4n) is 4.49. The lowest BCUT2D eigenvalue weighted by Crippen LogP contribution is -2.56. The van der Waals surface area contributed by atoms with E-state index in [1.54, 1.807) is 11.3 Å². The molecule has 0 radical (unpaired) electrons. The normalized spacial score (nSPS) is 19.8. The smallest absolute Gasteiger partial charge is 0.342 e. The summed E-state index contributed by atoms with van der Waals surface area (Å²) in [5, 5.41) is 8.59. The number of hydrogen-bond donors (Lipinski definition) is 1. The Morgan fingerprint density at radius 3 is 2.52 bits per heavy atom. The highest BCUT2D eigenvalue weighted by Crippen LogP contribution is 2.29. The summed E-state index contributed by atoms with van der Waals surface area (Å²) in [5.74, 6) is -0.493. The number of piperazine rings is 1. The van der Waals surface area contributed by atoms with Gasteiger partial charge in [-0.3, -0.25) is 19.8 Å². The number of benzene rings is 1. The lowest BCUT2D eigenvalue weighted by Gasteiger charge is -2.35. The molecule has 4 heterocycles. The van der Waals surface area contributed by atoms with Crippen molar-refractivity contribution in [3.63, 3.8) is 0 Å². The van der Waals surface area contributed by atoms with Crippen LogP contribution in [0.1, 0.15) is 33.5 Å². The predicted molar refractivity (Wildman–Crippen MR) is 118 cm³/mol. The second-order valence-electron chi connectivity index (χ2n) is 8.25. The van der Waals surface area contributed by atoms with Gasteiger partial charge >= 0.3 is 6.03 Å². The minimum atomic E-state index is -0.531. The van der Waals surface area contributed by atoms with E-state index in [0.29, 0.717) is 12.1 Å². The van der Waals surface area contributed by atoms with Crippen molar-refractivity contribution in [3.8, 4) is 0 Å². The summed E-state index contributed by atoms with van der Waals surface area (Å²) in [6.07, 6.45) is 0.202. The van der Waals surface area contributed by atoms with E-state index in [2.05, 4.69) is 39.6 Å². The Kier molecular flexibility index (Phi) is 5.15. The van der Waals surface area contributed by atoms with Crippen LogP contribution in [0.4, 0.5) is 9.80 Å². The van der Waals surface area contributed by atoms with Gasteiger partial charge in [-0.15, -0.1) is 11.3 Å². The van der Waals surface area contributed by atoms with E-state index < -0.39 is 6.03 Å². The first kappa shape index (κ1) is 20.0. The highest BCUT2D eigenvalue weighted by atomic mass is 32.1. The fraction of sp³-hybridized carbons (Fsp3) is 0.409. The van der Waals surface area contributed by atoms with Crippen LogP contribution in [0.3, 0.4) is 0 Å². The third kappa shape index (κ3) is 3.79. The van der Waals surface area contributed by atoms with Crippen LogP contribution in [-0.2, 0) is 17.9 Å². The molecule has 1 N–H and O–H groups in total. The van der Waals surface area contributed by atoms with Gasteiger partial charge in [0, 0.05) is 44.7 Å². The maximum absolute atomic E-state index is 12.8. The van der Waals surface area contributed by atoms with Gasteiger partial charge in [0.25, 0.3) is 5.91 Å². The van der Waals surface area contributed by atoms with Gasteiger partial charge in [0.2, 0.25) is 5.91 Å². The predicted octanol–water partition coefficient (Wildman–Crippen LogP) is 2.19. The van der Waals surface area contributed by atoms with Crippen molar-refractivity contribution in [1.29, 1.82) is 0 Å². The van der Waals surface area contributed by atoms with Crippen LogP contribution in [0, 0.1) is 6.92 Å². The summed E-state index contributed by atoms with van der Waals surface area (Å²) in [6, 6.07) is 7.60. The second kappa shape index (κ2) is 7.97. The van der Waals surface area contributed by atoms with E-state index in [1.165, 1.54) is 26.1 Å². The summed E-state index contributed by atoms with van der Waals surface area (Å²) in [7, 11) is 0. The van der Waals surface area contributed by atoms with Gasteiger partial charge in [-0.1, -0.05) is 12.1 Å². The number of hydrazine groups is 1. The highest BCUT2D eigenvalue weighted by Gasteiger charge is 2.37. The van der Waals surface area contributed by atoms with Gasteiger partial charge in [0.15, 0.2) is 0 Å². The van der Waals surface area contributed by atoms with E-state index >= 15 is 0 Å². The first-order chi connectivity index (χ1) is 15.0. The molecule has 3 aliphatic heterocycles. The molecule has 31 heavy (non-hydrogen) atoms. The van der Waals surface area contributed by atoms with Crippen molar-refractivity contribution in [3.05, 3.63) is 51.9 Å². The second-order valence-corrected chi connectivity index (χ2v) is 9.15. The average molecular weight is 440 g/mol. The number of rotatable bonds is 4. The molecular weight excluding hydrogens is 414 g/mol. The van der Waals surface area contributed by atoms with Crippen LogP contribution in [0.25, 0.3) is 0 Å². The molecule has 0 bridgehead atoms. The molecule has 1 aromatic carbocycles. The number of anilines is 1. The third-order valence-electron chi connectivity index (χ3n) is 6.18. The number of urea groups is 1. The quantitative estimate of drug-likeness (QED) is 0.791. The average Bonchev–Trinajstić information content (AvgIpc) is 3.32. The van der Waals surface area contributed by atoms with Crippen LogP contribution in [0.2, 0.25) is 0 Å². The van der Waals surface area contributed by atoms with E-state index in [9.17, 15) is 14.4 Å². The van der Waals surface area contributed by atoms with Crippen LogP contribution in [-0.4, -0.2) is 65.5 Å². The van der Waals surface area contributed by atoms with Crippen LogP contribution >= 0.6 is 11.3 Å². The number of carbonyl (C=O) groups is 3. The Balaban J connectivity index is 1.22. The van der Waals surface area contributed by atoms with Crippen molar-refractivity contribution in [1.82, 2.24) is 20.2 Å². The first-order valence-electron chi connectivity index (χ1n) is 10.6. The van der Waals surface area contributed by atoms with E-state index in [0.717, 1.165) is 38.3 Å². The molecule has 0 saturated carbocycles. The van der Waals surface area contributed by atoms with E-state index in [1.807, 2.05) is 12.1 Å². The highest BCUT2D eigenvalue weighted by molar-refractivity contribution is 7.14. The number of carbonyl (C=O) groups excluding carboxylic acids is 3. The molecule has 2 fully saturated rings. The lowest BCUT2D eigenvalue weighted by atomic mass is 10.1. The molecule has 2 aromatic rings. The summed E-state index contributed by atoms with van der Waals surface area (Å²) in [5.41, 5.74) is 4.08. The Morgan fingerprint density at radius 1 is 1.00 bits per heavy atom. The van der Waals surface area contributed by atoms with Gasteiger partial charge in [0.05, 0.1) is 18.1 Å². The van der Waals surface area contributed by atoms with Crippen molar-refractivity contribution in [2.45, 2.75) is 26.4 Å². The minimum absolute atomic E-state index is 0.189. The van der Waals surface area contributed by atoms with Gasteiger partial charge in [-0.25, -0.2) is 14.8 Å². The van der Waals surface area contributed by atoms with E-state index in [-0.39, 0.29) is 24.8 Å². The van der Waals surface area contributed by atoms with Crippen molar-refractivity contribution < 1.29 is 14.4 Å². The molecule has 3 aliphatic rings. The molecular formula is C22H25N5O3S. The maximum Gasteiger partial charge on any atom is 0.342 e. The summed E-state index contributed by atoms with van der Waals surface area (Å²) < 4.78 is 0. The third-order valence-corrected chi connectivity index (χ3v) is 7.25. The number of hydrogen-bond acceptors (Lipinski definition) is 6. The zero-order valence-corrected chi connectivity index (χ0v) is 18.3. The van der Waals surface area contributed by atoms with Crippen molar-refractivity contribution in [2.75, 3.05) is 37.6 Å². The largest absolute Gasteiger partial charge is 0.361 e. The molecule has 4 amide bonds. The molecule has 162 valence electrons. The van der Waals surface area contributed by atoms with Gasteiger partial charge < -0.3 is 4.90 Å². The minimum Gasteiger partial charge on any atom is -0.361 e. The number of amides is 4. The summed E-state index contributed by atoms with van der Waals surface area (Å²) in [6.45, 7) is 7.63. The van der Waals surface area contributed by atoms with Crippen LogP contribution in [0.15, 0.2) is 29.6 Å². The Morgan fingerprint density at radius 2 is 1.81 bits per heavy atom. The Hall–Kier alpha value is -2.91. The summed E-state index contributed by atoms with van der Waals surface area (Å²) >= 11 is 1.81. The van der Waals surface area contributed by atoms with Gasteiger partial charge in [-0.2, -0.15) is 0 Å². The Bertz CT molecular complexity index is 1040. The molecule has 5 rings (SSSR count). The van der Waals surface area contributed by atoms with Crippen LogP contribution in [0.5, 0.6) is 0 Å². The number of fused-ring (bicyclic) bond motifs is 1. The molecule has 2 saturated heterocycles. The molecule has 0 aliphatic carbocycles. The van der Waals surface area contributed by atoms with Gasteiger partial charge in [0.1, 0.15) is 0 Å². The van der Waals surface area contributed by atoms with Crippen LogP contribution < -0.4 is 10.2 Å². The summed E-state index contributed by atoms with van der Waals surface area (Å²) in [4.78, 5) is 41.3. The molecule has 0 unspecified atom stereocenters. The van der Waals surface area contributed by atoms with Gasteiger partial charge in [-0.05, 0) is 41.1 Å². The maximum atomic E-state index is 12.8. The standard InChI is InChI=1S/C22H25N5O3S/c1-15-5-11-31-21(15)25-9-7-24(8-10-25)13-16-2-3-18-17(12-16)14-27(20(18)29)26-6-4-19(28)23-22(26)30/h2-3,5,11-12H,4,6-10,13-14H2,1H3,(H,23,28,30). The SMILES string of the molecule is Cc1ccsc1N1CCN(Cc2ccc3c(c2)CN(N2CCC(=O)NC2=O)C3=O)CC1. The number of imide groups is 1. The molecule has 0 atom stereocenters.